The van der Waals surface area contributed by atoms with Crippen molar-refractivity contribution < 1.29 is 46.3 Å². The highest BCUT2D eigenvalue weighted by Gasteiger charge is 2.45. The number of methoxy groups -OCH3 is 1. The number of aliphatic imine (C=N–C) groups is 1. The molecule has 264 valence electrons. The molecule has 3 aromatic rings. The van der Waals surface area contributed by atoms with Gasteiger partial charge in [0.25, 0.3) is 0 Å². The molecule has 14 heteroatoms. The van der Waals surface area contributed by atoms with E-state index in [1.807, 2.05) is 0 Å². The van der Waals surface area contributed by atoms with E-state index in [9.17, 15) is 27.9 Å². The van der Waals surface area contributed by atoms with Crippen molar-refractivity contribution >= 4 is 34.2 Å². The van der Waals surface area contributed by atoms with Gasteiger partial charge in [0.2, 0.25) is 5.96 Å². The van der Waals surface area contributed by atoms with Crippen molar-refractivity contribution in [2.75, 3.05) is 14.2 Å². The molecule has 0 saturated heterocycles. The first-order valence-corrected chi connectivity index (χ1v) is 16.6. The fourth-order valence-corrected chi connectivity index (χ4v) is 5.54. The summed E-state index contributed by atoms with van der Waals surface area (Å²) in [5, 5.41) is 13.4. The van der Waals surface area contributed by atoms with Crippen molar-refractivity contribution in [1.82, 2.24) is 10.2 Å². The summed E-state index contributed by atoms with van der Waals surface area (Å²) in [4.78, 5) is 44.5. The first-order chi connectivity index (χ1) is 22.7. The van der Waals surface area contributed by atoms with Crippen LogP contribution in [0.15, 0.2) is 88.8 Å². The molecule has 3 aromatic carbocycles. The monoisotopic (exact) mass is 697 g/mol. The number of hydrogen-bond donors (Lipinski definition) is 2. The SMILES string of the molecule is COc1ccc(CC(Cc2ccc(OS(=O)(=O)c3ccccc3)cc2)(C(=O)O)N(C)/C(=N/C(=O)OC(C)(C)C)NC(=O)OC(C)(C)C)cc1. The number of rotatable bonds is 10. The van der Waals surface area contributed by atoms with Crippen molar-refractivity contribution in [2.24, 2.45) is 4.99 Å². The number of carbonyl (C=O) groups excluding carboxylic acids is 2. The van der Waals surface area contributed by atoms with Crippen LogP contribution in [-0.4, -0.2) is 73.4 Å². The highest BCUT2D eigenvalue weighted by atomic mass is 32.2. The molecule has 0 aliphatic heterocycles. The van der Waals surface area contributed by atoms with Crippen LogP contribution in [0, 0.1) is 0 Å². The normalized spacial score (nSPS) is 13.4. The number of carbonyl (C=O) groups is 3. The van der Waals surface area contributed by atoms with Gasteiger partial charge in [0, 0.05) is 19.9 Å². The van der Waals surface area contributed by atoms with Crippen LogP contribution in [0.4, 0.5) is 9.59 Å². The minimum absolute atomic E-state index is 0.0100. The van der Waals surface area contributed by atoms with Gasteiger partial charge in [-0.2, -0.15) is 8.42 Å². The number of carboxylic acid groups (broad SMARTS) is 1. The van der Waals surface area contributed by atoms with Gasteiger partial charge in [-0.15, -0.1) is 4.99 Å². The van der Waals surface area contributed by atoms with E-state index in [-0.39, 0.29) is 23.5 Å². The van der Waals surface area contributed by atoms with Crippen LogP contribution in [0.25, 0.3) is 0 Å². The molecule has 2 N–H and O–H groups in total. The van der Waals surface area contributed by atoms with Gasteiger partial charge in [0.05, 0.1) is 7.11 Å². The molecule has 0 heterocycles. The van der Waals surface area contributed by atoms with Gasteiger partial charge in [-0.1, -0.05) is 42.5 Å². The van der Waals surface area contributed by atoms with Crippen molar-refractivity contribution in [3.8, 4) is 11.5 Å². The maximum atomic E-state index is 13.5. The predicted octanol–water partition coefficient (Wildman–Crippen LogP) is 5.82. The second-order valence-electron chi connectivity index (χ2n) is 13.1. The molecule has 1 unspecified atom stereocenters. The van der Waals surface area contributed by atoms with Gasteiger partial charge in [-0.3, -0.25) is 5.32 Å². The number of carboxylic acids is 1. The Balaban J connectivity index is 2.10. The van der Waals surface area contributed by atoms with Gasteiger partial charge in [-0.25, -0.2) is 14.4 Å². The average Bonchev–Trinajstić information content (AvgIpc) is 2.99. The lowest BCUT2D eigenvalue weighted by Crippen LogP contribution is -2.62. The third-order valence-corrected chi connectivity index (χ3v) is 8.14. The van der Waals surface area contributed by atoms with E-state index in [1.54, 1.807) is 84.0 Å². The van der Waals surface area contributed by atoms with Crippen LogP contribution in [0.1, 0.15) is 52.7 Å². The van der Waals surface area contributed by atoms with E-state index in [0.717, 1.165) is 0 Å². The van der Waals surface area contributed by atoms with E-state index in [1.165, 1.54) is 55.5 Å². The zero-order chi connectivity index (χ0) is 36.6. The van der Waals surface area contributed by atoms with Gasteiger partial charge >= 0.3 is 28.3 Å². The van der Waals surface area contributed by atoms with Gasteiger partial charge < -0.3 is 28.4 Å². The minimum atomic E-state index is -4.12. The van der Waals surface area contributed by atoms with Crippen molar-refractivity contribution in [2.45, 2.75) is 76.0 Å². The third-order valence-electron chi connectivity index (χ3n) is 6.87. The van der Waals surface area contributed by atoms with Crippen LogP contribution in [0.2, 0.25) is 0 Å². The Hall–Kier alpha value is -5.11. The maximum Gasteiger partial charge on any atom is 0.437 e. The number of benzene rings is 3. The number of nitrogens with zero attached hydrogens (tertiary/aromatic N) is 2. The molecule has 2 amide bonds. The van der Waals surface area contributed by atoms with Crippen molar-refractivity contribution in [3.63, 3.8) is 0 Å². The van der Waals surface area contributed by atoms with Gasteiger partial charge in [0.15, 0.2) is 0 Å². The number of nitrogens with one attached hydrogen (secondary N) is 1. The average molecular weight is 698 g/mol. The summed E-state index contributed by atoms with van der Waals surface area (Å²) in [5.74, 6) is -1.19. The van der Waals surface area contributed by atoms with Crippen LogP contribution in [0.3, 0.4) is 0 Å². The Morgan fingerprint density at radius 3 is 1.71 bits per heavy atom. The van der Waals surface area contributed by atoms with Crippen LogP contribution < -0.4 is 14.2 Å². The number of ether oxygens (including phenoxy) is 3. The topological polar surface area (TPSA) is 170 Å². The highest BCUT2D eigenvalue weighted by Crippen LogP contribution is 2.29. The number of amides is 2. The first kappa shape index (κ1) is 38.3. The zero-order valence-corrected chi connectivity index (χ0v) is 29.7. The van der Waals surface area contributed by atoms with E-state index in [0.29, 0.717) is 16.9 Å². The third kappa shape index (κ3) is 11.2. The number of likely N-dealkylation sites (N-methyl/N-ethyl adjacent to an activating group) is 1. The Bertz CT molecular complexity index is 1750. The molecule has 0 radical (unpaired) electrons. The number of hydrogen-bond acceptors (Lipinski definition) is 9. The molecular formula is C35H43N3O10S. The van der Waals surface area contributed by atoms with Crippen LogP contribution in [0.5, 0.6) is 11.5 Å². The van der Waals surface area contributed by atoms with Gasteiger partial charge in [0.1, 0.15) is 33.1 Å². The molecule has 0 saturated carbocycles. The van der Waals surface area contributed by atoms with E-state index < -0.39 is 51.0 Å². The summed E-state index contributed by atoms with van der Waals surface area (Å²) in [6.45, 7) is 9.83. The quantitative estimate of drug-likeness (QED) is 0.149. The smallest absolute Gasteiger partial charge is 0.437 e. The Kier molecular flexibility index (Phi) is 12.1. The lowest BCUT2D eigenvalue weighted by Gasteiger charge is -2.40. The second-order valence-corrected chi connectivity index (χ2v) is 14.7. The van der Waals surface area contributed by atoms with E-state index >= 15 is 0 Å². The van der Waals surface area contributed by atoms with Crippen molar-refractivity contribution in [3.05, 3.63) is 90.0 Å². The Morgan fingerprint density at radius 2 is 1.27 bits per heavy atom. The lowest BCUT2D eigenvalue weighted by molar-refractivity contribution is -0.148. The molecule has 13 nitrogen and oxygen atoms in total. The van der Waals surface area contributed by atoms with Crippen LogP contribution in [-0.2, 0) is 37.2 Å². The molecule has 0 aliphatic carbocycles. The molecule has 0 aromatic heterocycles. The van der Waals surface area contributed by atoms with Crippen molar-refractivity contribution in [1.29, 1.82) is 0 Å². The minimum Gasteiger partial charge on any atom is -0.497 e. The number of aliphatic carboxylic acids is 1. The first-order valence-electron chi connectivity index (χ1n) is 15.2. The predicted molar refractivity (Wildman–Crippen MR) is 182 cm³/mol. The van der Waals surface area contributed by atoms with E-state index in [2.05, 4.69) is 10.3 Å². The standard InChI is InChI=1S/C35H43N3O10S/c1-33(2,3)46-31(41)36-30(37-32(42)47-34(4,5)6)38(7)35(29(39)40,22-24-14-18-26(45-8)19-15-24)23-25-16-20-27(21-17-25)48-49(43,44)28-12-10-9-11-13-28/h9-21H,22-23H2,1-8H3,(H,39,40)(H,36,37,41,42). The Morgan fingerprint density at radius 1 is 0.776 bits per heavy atom. The largest absolute Gasteiger partial charge is 0.497 e. The summed E-state index contributed by atoms with van der Waals surface area (Å²) in [7, 11) is -1.24. The van der Waals surface area contributed by atoms with E-state index in [4.69, 9.17) is 18.4 Å². The molecule has 1 atom stereocenters. The molecule has 0 spiro atoms. The molecule has 0 fully saturated rings. The summed E-state index contributed by atoms with van der Waals surface area (Å²) >= 11 is 0. The highest BCUT2D eigenvalue weighted by molar-refractivity contribution is 7.87. The molecule has 0 bridgehead atoms. The number of alkyl carbamates (subject to hydrolysis) is 1. The molecule has 3 rings (SSSR count). The maximum absolute atomic E-state index is 13.5. The fraction of sp³-hybridized carbons (Fsp3) is 0.371. The second kappa shape index (κ2) is 15.4. The summed E-state index contributed by atoms with van der Waals surface area (Å²) in [5.41, 5.74) is -2.73. The zero-order valence-electron chi connectivity index (χ0n) is 28.8. The van der Waals surface area contributed by atoms with Gasteiger partial charge in [-0.05, 0) is 89.1 Å². The molecule has 0 aliphatic rings. The molecular weight excluding hydrogens is 654 g/mol. The molecule has 49 heavy (non-hydrogen) atoms. The Labute approximate surface area is 287 Å². The summed E-state index contributed by atoms with van der Waals surface area (Å²) in [6.07, 6.45) is -2.41. The lowest BCUT2D eigenvalue weighted by atomic mass is 9.83. The number of guanidine groups is 1. The van der Waals surface area contributed by atoms with Crippen LogP contribution >= 0.6 is 0 Å². The summed E-state index contributed by atoms with van der Waals surface area (Å²) in [6, 6.07) is 20.2. The fourth-order valence-electron chi connectivity index (χ4n) is 4.59. The summed E-state index contributed by atoms with van der Waals surface area (Å²) < 4.78 is 46.8.